The fourth-order valence-corrected chi connectivity index (χ4v) is 2.45. The Morgan fingerprint density at radius 2 is 2.12 bits per heavy atom. The predicted molar refractivity (Wildman–Crippen MR) is 66.4 cm³/mol. The van der Waals surface area contributed by atoms with Gasteiger partial charge in [0.15, 0.2) is 11.0 Å². The van der Waals surface area contributed by atoms with E-state index in [9.17, 15) is 0 Å². The topological polar surface area (TPSA) is 50.9 Å². The first-order valence-corrected chi connectivity index (χ1v) is 6.87. The molecule has 1 aromatic heterocycles. The van der Waals surface area contributed by atoms with Crippen molar-refractivity contribution in [1.82, 2.24) is 14.8 Å². The fraction of sp³-hybridized carbons (Fsp3) is 0.818. The van der Waals surface area contributed by atoms with Crippen molar-refractivity contribution in [3.05, 3.63) is 5.82 Å². The van der Waals surface area contributed by atoms with Gasteiger partial charge < -0.3 is 9.67 Å². The average molecular weight is 243 g/mol. The van der Waals surface area contributed by atoms with Crippen molar-refractivity contribution in [2.24, 2.45) is 5.92 Å². The lowest BCUT2D eigenvalue weighted by Gasteiger charge is -2.09. The van der Waals surface area contributed by atoms with Gasteiger partial charge in [0.25, 0.3) is 0 Å². The van der Waals surface area contributed by atoms with Gasteiger partial charge in [-0.25, -0.2) is 0 Å². The van der Waals surface area contributed by atoms with Crippen LogP contribution >= 0.6 is 11.8 Å². The van der Waals surface area contributed by atoms with Gasteiger partial charge in [0, 0.05) is 12.3 Å². The molecule has 0 amide bonds. The molecule has 0 radical (unpaired) electrons. The number of hydrogen-bond donors (Lipinski definition) is 1. The molecule has 5 heteroatoms. The Bertz CT molecular complexity index is 314. The van der Waals surface area contributed by atoms with E-state index in [0.29, 0.717) is 11.7 Å². The maximum Gasteiger partial charge on any atom is 0.191 e. The minimum Gasteiger partial charge on any atom is -0.388 e. The van der Waals surface area contributed by atoms with Crippen LogP contribution in [-0.2, 0) is 13.2 Å². The van der Waals surface area contributed by atoms with E-state index < -0.39 is 0 Å². The third kappa shape index (κ3) is 3.49. The maximum atomic E-state index is 9.15. The van der Waals surface area contributed by atoms with E-state index in [4.69, 9.17) is 5.11 Å². The second-order valence-electron chi connectivity index (χ2n) is 4.03. The zero-order valence-corrected chi connectivity index (χ0v) is 11.1. The van der Waals surface area contributed by atoms with Crippen LogP contribution in [0.4, 0.5) is 0 Å². The maximum absolute atomic E-state index is 9.15. The summed E-state index contributed by atoms with van der Waals surface area (Å²) in [5, 5.41) is 18.2. The van der Waals surface area contributed by atoms with Crippen LogP contribution in [0, 0.1) is 5.92 Å². The summed E-state index contributed by atoms with van der Waals surface area (Å²) in [4.78, 5) is 0. The largest absolute Gasteiger partial charge is 0.388 e. The Morgan fingerprint density at radius 3 is 2.69 bits per heavy atom. The molecule has 1 aromatic rings. The predicted octanol–water partition coefficient (Wildman–Crippen LogP) is 2.32. The highest BCUT2D eigenvalue weighted by atomic mass is 32.2. The molecule has 0 spiro atoms. The number of aromatic nitrogens is 3. The summed E-state index contributed by atoms with van der Waals surface area (Å²) in [5.41, 5.74) is 0. The molecule has 0 aromatic carbocycles. The molecule has 0 bridgehead atoms. The molecule has 16 heavy (non-hydrogen) atoms. The second kappa shape index (κ2) is 6.91. The Hall–Kier alpha value is -0.550. The molecule has 92 valence electrons. The van der Waals surface area contributed by atoms with Crippen molar-refractivity contribution in [2.75, 3.05) is 5.75 Å². The normalized spacial score (nSPS) is 13.0. The van der Waals surface area contributed by atoms with Gasteiger partial charge in [0.1, 0.15) is 6.61 Å². The first-order chi connectivity index (χ1) is 7.72. The minimum atomic E-state index is -0.0309. The highest BCUT2D eigenvalue weighted by Gasteiger charge is 2.11. The summed E-state index contributed by atoms with van der Waals surface area (Å²) in [6.45, 7) is 7.40. The summed E-state index contributed by atoms with van der Waals surface area (Å²) in [6.07, 6.45) is 2.21. The summed E-state index contributed by atoms with van der Waals surface area (Å²) in [7, 11) is 0. The van der Waals surface area contributed by atoms with Crippen LogP contribution in [0.15, 0.2) is 5.16 Å². The zero-order chi connectivity index (χ0) is 12.0. The van der Waals surface area contributed by atoms with Crippen LogP contribution in [0.3, 0.4) is 0 Å². The molecule has 1 heterocycles. The fourth-order valence-electron chi connectivity index (χ4n) is 1.33. The summed E-state index contributed by atoms with van der Waals surface area (Å²) < 4.78 is 2.02. The van der Waals surface area contributed by atoms with E-state index in [2.05, 4.69) is 31.0 Å². The first-order valence-electron chi connectivity index (χ1n) is 5.88. The summed E-state index contributed by atoms with van der Waals surface area (Å²) >= 11 is 1.73. The van der Waals surface area contributed by atoms with Crippen LogP contribution in [-0.4, -0.2) is 25.6 Å². The molecule has 0 aliphatic carbocycles. The number of thioether (sulfide) groups is 1. The molecular formula is C11H21N3OS. The Morgan fingerprint density at radius 1 is 1.38 bits per heavy atom. The van der Waals surface area contributed by atoms with Crippen LogP contribution in [0.1, 0.15) is 39.4 Å². The first kappa shape index (κ1) is 13.5. The van der Waals surface area contributed by atoms with Crippen molar-refractivity contribution in [3.63, 3.8) is 0 Å². The van der Waals surface area contributed by atoms with Gasteiger partial charge in [0.05, 0.1) is 0 Å². The summed E-state index contributed by atoms with van der Waals surface area (Å²) in [6, 6.07) is 0. The van der Waals surface area contributed by atoms with Crippen LogP contribution < -0.4 is 0 Å². The van der Waals surface area contributed by atoms with Gasteiger partial charge in [0.2, 0.25) is 0 Å². The molecule has 1 rings (SSSR count). The standard InChI is InChI=1S/C11H21N3OS/c1-4-6-14-10(7-15)12-13-11(14)16-8-9(3)5-2/h9,15H,4-8H2,1-3H3. The van der Waals surface area contributed by atoms with Gasteiger partial charge in [-0.3, -0.25) is 0 Å². The van der Waals surface area contributed by atoms with Crippen molar-refractivity contribution in [1.29, 1.82) is 0 Å². The van der Waals surface area contributed by atoms with Crippen molar-refractivity contribution < 1.29 is 5.11 Å². The minimum absolute atomic E-state index is 0.0309. The van der Waals surface area contributed by atoms with Gasteiger partial charge in [-0.15, -0.1) is 10.2 Å². The Balaban J connectivity index is 2.67. The third-order valence-electron chi connectivity index (χ3n) is 2.58. The second-order valence-corrected chi connectivity index (χ2v) is 5.02. The smallest absolute Gasteiger partial charge is 0.191 e. The SMILES string of the molecule is CCCn1c(CO)nnc1SCC(C)CC. The molecule has 1 N–H and O–H groups in total. The molecule has 4 nitrogen and oxygen atoms in total. The van der Waals surface area contributed by atoms with E-state index in [-0.39, 0.29) is 6.61 Å². The average Bonchev–Trinajstić information content (AvgIpc) is 2.69. The number of rotatable bonds is 7. The van der Waals surface area contributed by atoms with Crippen LogP contribution in [0.5, 0.6) is 0 Å². The van der Waals surface area contributed by atoms with E-state index in [1.807, 2.05) is 4.57 Å². The molecule has 1 unspecified atom stereocenters. The third-order valence-corrected chi connectivity index (χ3v) is 3.87. The molecule has 0 aliphatic heterocycles. The van der Waals surface area contributed by atoms with E-state index in [1.165, 1.54) is 6.42 Å². The van der Waals surface area contributed by atoms with Crippen LogP contribution in [0.2, 0.25) is 0 Å². The molecule has 0 aliphatic rings. The van der Waals surface area contributed by atoms with Gasteiger partial charge in [-0.2, -0.15) is 0 Å². The quantitative estimate of drug-likeness (QED) is 0.747. The zero-order valence-electron chi connectivity index (χ0n) is 10.3. The van der Waals surface area contributed by atoms with Gasteiger partial charge in [-0.05, 0) is 12.3 Å². The van der Waals surface area contributed by atoms with Crippen LogP contribution in [0.25, 0.3) is 0 Å². The monoisotopic (exact) mass is 243 g/mol. The molecular weight excluding hydrogens is 222 g/mol. The van der Waals surface area contributed by atoms with E-state index in [0.717, 1.165) is 23.9 Å². The highest BCUT2D eigenvalue weighted by molar-refractivity contribution is 7.99. The number of hydrogen-bond acceptors (Lipinski definition) is 4. The number of aliphatic hydroxyl groups excluding tert-OH is 1. The lowest BCUT2D eigenvalue weighted by Crippen LogP contribution is -2.06. The lowest BCUT2D eigenvalue weighted by molar-refractivity contribution is 0.263. The molecule has 0 fully saturated rings. The van der Waals surface area contributed by atoms with Crippen molar-refractivity contribution in [2.45, 2.75) is 51.9 Å². The van der Waals surface area contributed by atoms with E-state index >= 15 is 0 Å². The molecule has 0 saturated heterocycles. The van der Waals surface area contributed by atoms with Crippen molar-refractivity contribution >= 4 is 11.8 Å². The number of nitrogens with zero attached hydrogens (tertiary/aromatic N) is 3. The lowest BCUT2D eigenvalue weighted by atomic mass is 10.2. The van der Waals surface area contributed by atoms with Gasteiger partial charge >= 0.3 is 0 Å². The Kier molecular flexibility index (Phi) is 5.84. The number of aliphatic hydroxyl groups is 1. The summed E-state index contributed by atoms with van der Waals surface area (Å²) in [5.74, 6) is 2.42. The molecule has 0 saturated carbocycles. The van der Waals surface area contributed by atoms with Crippen molar-refractivity contribution in [3.8, 4) is 0 Å². The molecule has 1 atom stereocenters. The van der Waals surface area contributed by atoms with E-state index in [1.54, 1.807) is 11.8 Å². The highest BCUT2D eigenvalue weighted by Crippen LogP contribution is 2.21. The van der Waals surface area contributed by atoms with Gasteiger partial charge in [-0.1, -0.05) is 39.0 Å². The Labute approximate surface area is 101 Å².